The lowest BCUT2D eigenvalue weighted by Gasteiger charge is -2.27. The van der Waals surface area contributed by atoms with Crippen LogP contribution in [0.25, 0.3) is 5.65 Å². The molecule has 0 aliphatic rings. The molecule has 0 amide bonds. The van der Waals surface area contributed by atoms with Crippen LogP contribution >= 0.6 is 0 Å². The number of nitrogens with zero attached hydrogens (tertiary/aromatic N) is 5. The largest absolute Gasteiger partial charge is 0.453 e. The van der Waals surface area contributed by atoms with Crippen LogP contribution in [0.1, 0.15) is 29.9 Å². The van der Waals surface area contributed by atoms with Crippen LogP contribution in [0, 0.1) is 6.92 Å². The Hall–Kier alpha value is -2.64. The van der Waals surface area contributed by atoms with Crippen LogP contribution in [0.2, 0.25) is 0 Å². The summed E-state index contributed by atoms with van der Waals surface area (Å²) in [6.45, 7) is 3.98. The van der Waals surface area contributed by atoms with Crippen LogP contribution in [0.3, 0.4) is 0 Å². The van der Waals surface area contributed by atoms with Crippen LogP contribution in [0.15, 0.2) is 36.4 Å². The molecule has 0 saturated carbocycles. The van der Waals surface area contributed by atoms with Gasteiger partial charge >= 0.3 is 6.18 Å². The zero-order chi connectivity index (χ0) is 17.5. The van der Waals surface area contributed by atoms with Crippen molar-refractivity contribution in [2.75, 3.05) is 11.9 Å². The lowest BCUT2D eigenvalue weighted by Crippen LogP contribution is -2.24. The fourth-order valence-electron chi connectivity index (χ4n) is 2.61. The first-order valence-corrected chi connectivity index (χ1v) is 7.37. The van der Waals surface area contributed by atoms with Gasteiger partial charge in [-0.05, 0) is 37.1 Å². The number of aryl methyl sites for hydroxylation is 1. The van der Waals surface area contributed by atoms with Crippen LogP contribution in [0.5, 0.6) is 0 Å². The minimum absolute atomic E-state index is 0.0537. The molecule has 1 aromatic carbocycles. The van der Waals surface area contributed by atoms with E-state index in [2.05, 4.69) is 15.3 Å². The number of benzene rings is 1. The molecular weight excluding hydrogens is 319 g/mol. The number of halogens is 3. The standard InChI is InChI=1S/C16H16F3N5/c1-10-6-4-5-7-12(10)11(2)23(3)14-9-8-13-20-21-15(16(17,18)19)24(13)22-14/h4-9,11H,1-3H3/t11-/m0/s1. The van der Waals surface area contributed by atoms with Gasteiger partial charge in [-0.3, -0.25) is 0 Å². The van der Waals surface area contributed by atoms with Crippen LogP contribution < -0.4 is 4.90 Å². The van der Waals surface area contributed by atoms with Crippen molar-refractivity contribution in [3.63, 3.8) is 0 Å². The molecule has 0 fully saturated rings. The van der Waals surface area contributed by atoms with Gasteiger partial charge in [0, 0.05) is 7.05 Å². The SMILES string of the molecule is Cc1ccccc1[C@H](C)N(C)c1ccc2nnc(C(F)(F)F)n2n1. The predicted octanol–water partition coefficient (Wildman–Crippen LogP) is 3.65. The minimum Gasteiger partial charge on any atom is -0.351 e. The maximum atomic E-state index is 13.0. The molecule has 0 N–H and O–H groups in total. The van der Waals surface area contributed by atoms with Crippen LogP contribution in [-0.4, -0.2) is 26.9 Å². The molecule has 5 nitrogen and oxygen atoms in total. The second-order valence-electron chi connectivity index (χ2n) is 5.63. The van der Waals surface area contributed by atoms with Gasteiger partial charge in [0.25, 0.3) is 5.82 Å². The Labute approximate surface area is 136 Å². The Balaban J connectivity index is 2.01. The molecule has 0 radical (unpaired) electrons. The van der Waals surface area contributed by atoms with Gasteiger partial charge < -0.3 is 4.90 Å². The van der Waals surface area contributed by atoms with Crippen molar-refractivity contribution >= 4 is 11.5 Å². The van der Waals surface area contributed by atoms with Gasteiger partial charge in [0.15, 0.2) is 5.65 Å². The summed E-state index contributed by atoms with van der Waals surface area (Å²) >= 11 is 0. The first-order valence-electron chi connectivity index (χ1n) is 7.37. The van der Waals surface area contributed by atoms with Crippen LogP contribution in [-0.2, 0) is 6.18 Å². The zero-order valence-corrected chi connectivity index (χ0v) is 13.4. The number of aromatic nitrogens is 4. The molecule has 0 bridgehead atoms. The summed E-state index contributed by atoms with van der Waals surface area (Å²) in [5.41, 5.74) is 2.25. The van der Waals surface area contributed by atoms with Crippen molar-refractivity contribution in [2.24, 2.45) is 0 Å². The Morgan fingerprint density at radius 3 is 2.46 bits per heavy atom. The van der Waals surface area contributed by atoms with E-state index in [4.69, 9.17) is 0 Å². The van der Waals surface area contributed by atoms with E-state index in [-0.39, 0.29) is 11.7 Å². The Bertz CT molecular complexity index is 872. The molecule has 126 valence electrons. The van der Waals surface area contributed by atoms with E-state index >= 15 is 0 Å². The minimum atomic E-state index is -4.61. The number of alkyl halides is 3. The zero-order valence-electron chi connectivity index (χ0n) is 13.4. The van der Waals surface area contributed by atoms with E-state index in [1.165, 1.54) is 6.07 Å². The topological polar surface area (TPSA) is 46.3 Å². The summed E-state index contributed by atoms with van der Waals surface area (Å²) < 4.78 is 39.7. The van der Waals surface area contributed by atoms with E-state index in [9.17, 15) is 13.2 Å². The number of hydrogen-bond acceptors (Lipinski definition) is 4. The Morgan fingerprint density at radius 1 is 1.08 bits per heavy atom. The molecule has 0 aliphatic carbocycles. The summed E-state index contributed by atoms with van der Waals surface area (Å²) in [5, 5.41) is 10.8. The van der Waals surface area contributed by atoms with Gasteiger partial charge in [0.05, 0.1) is 6.04 Å². The summed E-state index contributed by atoms with van der Waals surface area (Å²) in [7, 11) is 1.79. The van der Waals surface area contributed by atoms with E-state index in [0.29, 0.717) is 5.82 Å². The lowest BCUT2D eigenvalue weighted by atomic mass is 10.0. The van der Waals surface area contributed by atoms with Gasteiger partial charge in [-0.2, -0.15) is 17.7 Å². The molecule has 0 aliphatic heterocycles. The Kier molecular flexibility index (Phi) is 3.90. The monoisotopic (exact) mass is 335 g/mol. The quantitative estimate of drug-likeness (QED) is 0.733. The smallest absolute Gasteiger partial charge is 0.351 e. The van der Waals surface area contributed by atoms with Crippen molar-refractivity contribution in [1.29, 1.82) is 0 Å². The average molecular weight is 335 g/mol. The predicted molar refractivity (Wildman–Crippen MR) is 83.8 cm³/mol. The molecule has 0 spiro atoms. The van der Waals surface area contributed by atoms with E-state index in [1.807, 2.05) is 43.0 Å². The third-order valence-electron chi connectivity index (χ3n) is 4.08. The molecule has 3 rings (SSSR count). The first kappa shape index (κ1) is 16.2. The molecule has 3 aromatic rings. The van der Waals surface area contributed by atoms with Crippen LogP contribution in [0.4, 0.5) is 19.0 Å². The lowest BCUT2D eigenvalue weighted by molar-refractivity contribution is -0.146. The second-order valence-corrected chi connectivity index (χ2v) is 5.63. The number of rotatable bonds is 3. The maximum Gasteiger partial charge on any atom is 0.453 e. The number of fused-ring (bicyclic) bond motifs is 1. The highest BCUT2D eigenvalue weighted by molar-refractivity contribution is 5.47. The van der Waals surface area contributed by atoms with Crippen molar-refractivity contribution in [3.05, 3.63) is 53.3 Å². The average Bonchev–Trinajstić information content (AvgIpc) is 2.97. The first-order chi connectivity index (χ1) is 11.3. The third-order valence-corrected chi connectivity index (χ3v) is 4.08. The highest BCUT2D eigenvalue weighted by Gasteiger charge is 2.37. The molecular formula is C16H16F3N5. The molecule has 2 heterocycles. The molecule has 8 heteroatoms. The number of hydrogen-bond donors (Lipinski definition) is 0. The van der Waals surface area contributed by atoms with Gasteiger partial charge in [0.1, 0.15) is 5.82 Å². The Morgan fingerprint density at radius 2 is 1.79 bits per heavy atom. The van der Waals surface area contributed by atoms with Crippen molar-refractivity contribution in [3.8, 4) is 0 Å². The number of anilines is 1. The van der Waals surface area contributed by atoms with Crippen molar-refractivity contribution in [1.82, 2.24) is 19.8 Å². The van der Waals surface area contributed by atoms with Gasteiger partial charge in [-0.1, -0.05) is 24.3 Å². The molecule has 2 aromatic heterocycles. The summed E-state index contributed by atoms with van der Waals surface area (Å²) in [6, 6.07) is 10.9. The van der Waals surface area contributed by atoms with E-state index < -0.39 is 12.0 Å². The summed E-state index contributed by atoms with van der Waals surface area (Å²) in [4.78, 5) is 1.82. The normalized spacial score (nSPS) is 13.2. The third kappa shape index (κ3) is 2.79. The molecule has 0 saturated heterocycles. The second kappa shape index (κ2) is 5.77. The van der Waals surface area contributed by atoms with E-state index in [0.717, 1.165) is 15.6 Å². The van der Waals surface area contributed by atoms with Gasteiger partial charge in [-0.25, -0.2) is 0 Å². The summed E-state index contributed by atoms with van der Waals surface area (Å²) in [6.07, 6.45) is -4.61. The van der Waals surface area contributed by atoms with E-state index in [1.54, 1.807) is 13.1 Å². The molecule has 24 heavy (non-hydrogen) atoms. The fourth-order valence-corrected chi connectivity index (χ4v) is 2.61. The van der Waals surface area contributed by atoms with Gasteiger partial charge in [-0.15, -0.1) is 15.3 Å². The van der Waals surface area contributed by atoms with Crippen molar-refractivity contribution < 1.29 is 13.2 Å². The molecule has 0 unspecified atom stereocenters. The molecule has 1 atom stereocenters. The fraction of sp³-hybridized carbons (Fsp3) is 0.312. The van der Waals surface area contributed by atoms with Crippen molar-refractivity contribution in [2.45, 2.75) is 26.1 Å². The van der Waals surface area contributed by atoms with Gasteiger partial charge in [0.2, 0.25) is 0 Å². The summed E-state index contributed by atoms with van der Waals surface area (Å²) in [5.74, 6) is -0.722. The highest BCUT2D eigenvalue weighted by atomic mass is 19.4. The maximum absolute atomic E-state index is 13.0. The highest BCUT2D eigenvalue weighted by Crippen LogP contribution is 2.29.